The molecule has 0 saturated heterocycles. The molecule has 4 nitrogen and oxygen atoms in total. The van der Waals surface area contributed by atoms with Crippen molar-refractivity contribution >= 4 is 11.8 Å². The smallest absolute Gasteiger partial charge is 0.222 e. The van der Waals surface area contributed by atoms with Crippen molar-refractivity contribution in [1.29, 1.82) is 0 Å². The molecule has 1 aromatic rings. The van der Waals surface area contributed by atoms with Gasteiger partial charge >= 0.3 is 0 Å². The van der Waals surface area contributed by atoms with Gasteiger partial charge in [-0.1, -0.05) is 20.8 Å². The van der Waals surface area contributed by atoms with Gasteiger partial charge in [0, 0.05) is 17.8 Å². The summed E-state index contributed by atoms with van der Waals surface area (Å²) in [6.45, 7) is 8.46. The van der Waals surface area contributed by atoms with Crippen LogP contribution in [-0.2, 0) is 0 Å². The first-order chi connectivity index (χ1) is 7.02. The normalized spacial score (nSPS) is 12.9. The van der Waals surface area contributed by atoms with Crippen molar-refractivity contribution in [3.8, 4) is 0 Å². The van der Waals surface area contributed by atoms with E-state index in [1.807, 2.05) is 13.0 Å². The van der Waals surface area contributed by atoms with E-state index in [1.165, 1.54) is 0 Å². The molecule has 1 aromatic heterocycles. The van der Waals surface area contributed by atoms with Crippen molar-refractivity contribution in [2.24, 2.45) is 5.92 Å². The van der Waals surface area contributed by atoms with Gasteiger partial charge in [-0.15, -0.1) is 0 Å². The first kappa shape index (κ1) is 11.8. The monoisotopic (exact) mass is 208 g/mol. The van der Waals surface area contributed by atoms with E-state index in [1.54, 1.807) is 0 Å². The Morgan fingerprint density at radius 1 is 1.40 bits per heavy atom. The Kier molecular flexibility index (Phi) is 3.88. The van der Waals surface area contributed by atoms with Gasteiger partial charge in [-0.25, -0.2) is 4.98 Å². The molecule has 1 unspecified atom stereocenters. The lowest BCUT2D eigenvalue weighted by Crippen LogP contribution is -2.25. The van der Waals surface area contributed by atoms with Crippen LogP contribution < -0.4 is 11.1 Å². The maximum atomic E-state index is 5.59. The molecule has 0 fully saturated rings. The molecule has 0 aliphatic carbocycles. The first-order valence-electron chi connectivity index (χ1n) is 5.40. The van der Waals surface area contributed by atoms with Crippen LogP contribution in [0.4, 0.5) is 11.8 Å². The SMILES string of the molecule is CCC(Nc1cc(C)nc(N)n1)C(C)C. The van der Waals surface area contributed by atoms with E-state index in [-0.39, 0.29) is 0 Å². The number of rotatable bonds is 4. The first-order valence-corrected chi connectivity index (χ1v) is 5.40. The van der Waals surface area contributed by atoms with Crippen LogP contribution in [0.3, 0.4) is 0 Å². The van der Waals surface area contributed by atoms with Crippen LogP contribution in [0.25, 0.3) is 0 Å². The molecular formula is C11H20N4. The fourth-order valence-corrected chi connectivity index (χ4v) is 1.60. The molecule has 0 bridgehead atoms. The number of aromatic nitrogens is 2. The Morgan fingerprint density at radius 3 is 2.53 bits per heavy atom. The van der Waals surface area contributed by atoms with E-state index in [9.17, 15) is 0 Å². The molecule has 0 radical (unpaired) electrons. The summed E-state index contributed by atoms with van der Waals surface area (Å²) in [5.41, 5.74) is 6.48. The zero-order valence-corrected chi connectivity index (χ0v) is 9.91. The summed E-state index contributed by atoms with van der Waals surface area (Å²) in [6, 6.07) is 2.35. The fraction of sp³-hybridized carbons (Fsp3) is 0.636. The summed E-state index contributed by atoms with van der Waals surface area (Å²) in [5, 5.41) is 3.38. The lowest BCUT2D eigenvalue weighted by molar-refractivity contribution is 0.510. The second kappa shape index (κ2) is 4.96. The predicted octanol–water partition coefficient (Wildman–Crippen LogP) is 2.21. The second-order valence-corrected chi connectivity index (χ2v) is 4.16. The number of nitrogens with zero attached hydrogens (tertiary/aromatic N) is 2. The number of hydrogen-bond donors (Lipinski definition) is 2. The van der Waals surface area contributed by atoms with E-state index in [0.717, 1.165) is 17.9 Å². The third kappa shape index (κ3) is 3.38. The van der Waals surface area contributed by atoms with Crippen LogP contribution in [0.2, 0.25) is 0 Å². The van der Waals surface area contributed by atoms with Gasteiger partial charge in [-0.05, 0) is 19.3 Å². The highest BCUT2D eigenvalue weighted by Gasteiger charge is 2.11. The fourth-order valence-electron chi connectivity index (χ4n) is 1.60. The second-order valence-electron chi connectivity index (χ2n) is 4.16. The van der Waals surface area contributed by atoms with Crippen LogP contribution in [0.15, 0.2) is 6.07 Å². The number of hydrogen-bond acceptors (Lipinski definition) is 4. The van der Waals surface area contributed by atoms with Crippen LogP contribution in [0, 0.1) is 12.8 Å². The molecule has 15 heavy (non-hydrogen) atoms. The van der Waals surface area contributed by atoms with Crippen LogP contribution in [-0.4, -0.2) is 16.0 Å². The highest BCUT2D eigenvalue weighted by molar-refractivity contribution is 5.41. The van der Waals surface area contributed by atoms with Gasteiger partial charge in [0.2, 0.25) is 5.95 Å². The van der Waals surface area contributed by atoms with E-state index in [2.05, 4.69) is 36.1 Å². The molecule has 0 aliphatic heterocycles. The highest BCUT2D eigenvalue weighted by atomic mass is 15.1. The average Bonchev–Trinajstić information content (AvgIpc) is 2.12. The molecule has 1 rings (SSSR count). The number of anilines is 2. The minimum Gasteiger partial charge on any atom is -0.368 e. The predicted molar refractivity (Wildman–Crippen MR) is 63.7 cm³/mol. The Balaban J connectivity index is 2.79. The van der Waals surface area contributed by atoms with Gasteiger partial charge in [0.15, 0.2) is 0 Å². The molecule has 3 N–H and O–H groups in total. The molecule has 84 valence electrons. The molecule has 0 aliphatic rings. The quantitative estimate of drug-likeness (QED) is 0.796. The zero-order valence-electron chi connectivity index (χ0n) is 9.91. The Labute approximate surface area is 91.3 Å². The van der Waals surface area contributed by atoms with Gasteiger partial charge < -0.3 is 11.1 Å². The molecule has 0 amide bonds. The van der Waals surface area contributed by atoms with Crippen molar-refractivity contribution < 1.29 is 0 Å². The maximum Gasteiger partial charge on any atom is 0.222 e. The number of nitrogens with one attached hydrogen (secondary N) is 1. The van der Waals surface area contributed by atoms with Gasteiger partial charge in [-0.2, -0.15) is 4.98 Å². The van der Waals surface area contributed by atoms with Crippen LogP contribution in [0.1, 0.15) is 32.9 Å². The zero-order chi connectivity index (χ0) is 11.4. The van der Waals surface area contributed by atoms with E-state index >= 15 is 0 Å². The third-order valence-corrected chi connectivity index (χ3v) is 2.45. The number of aryl methyl sites for hydroxylation is 1. The lowest BCUT2D eigenvalue weighted by Gasteiger charge is -2.21. The molecular weight excluding hydrogens is 188 g/mol. The van der Waals surface area contributed by atoms with E-state index in [0.29, 0.717) is 17.9 Å². The summed E-state index contributed by atoms with van der Waals surface area (Å²) >= 11 is 0. The van der Waals surface area contributed by atoms with Crippen molar-refractivity contribution in [3.63, 3.8) is 0 Å². The molecule has 0 aromatic carbocycles. The van der Waals surface area contributed by atoms with Gasteiger partial charge in [0.05, 0.1) is 0 Å². The van der Waals surface area contributed by atoms with Crippen molar-refractivity contribution in [2.45, 2.75) is 40.2 Å². The number of nitrogens with two attached hydrogens (primary N) is 1. The average molecular weight is 208 g/mol. The highest BCUT2D eigenvalue weighted by Crippen LogP contribution is 2.14. The minimum atomic E-state index is 0.330. The Hall–Kier alpha value is -1.32. The Morgan fingerprint density at radius 2 is 2.07 bits per heavy atom. The minimum absolute atomic E-state index is 0.330. The van der Waals surface area contributed by atoms with Crippen molar-refractivity contribution in [2.75, 3.05) is 11.1 Å². The molecule has 0 saturated carbocycles. The summed E-state index contributed by atoms with van der Waals surface area (Å²) in [7, 11) is 0. The maximum absolute atomic E-state index is 5.59. The van der Waals surface area contributed by atoms with E-state index < -0.39 is 0 Å². The molecule has 0 spiro atoms. The summed E-state index contributed by atoms with van der Waals surface area (Å²) in [4.78, 5) is 8.20. The van der Waals surface area contributed by atoms with Gasteiger partial charge in [0.1, 0.15) is 5.82 Å². The summed E-state index contributed by atoms with van der Waals surface area (Å²) < 4.78 is 0. The lowest BCUT2D eigenvalue weighted by atomic mass is 10.0. The van der Waals surface area contributed by atoms with Crippen LogP contribution in [0.5, 0.6) is 0 Å². The van der Waals surface area contributed by atoms with Crippen LogP contribution >= 0.6 is 0 Å². The summed E-state index contributed by atoms with van der Waals surface area (Å²) in [6.07, 6.45) is 1.07. The molecule has 1 atom stereocenters. The van der Waals surface area contributed by atoms with Gasteiger partial charge in [0.25, 0.3) is 0 Å². The molecule has 4 heteroatoms. The largest absolute Gasteiger partial charge is 0.368 e. The third-order valence-electron chi connectivity index (χ3n) is 2.45. The topological polar surface area (TPSA) is 63.8 Å². The summed E-state index contributed by atoms with van der Waals surface area (Å²) in [5.74, 6) is 1.73. The van der Waals surface area contributed by atoms with Gasteiger partial charge in [-0.3, -0.25) is 0 Å². The standard InChI is InChI=1S/C11H20N4/c1-5-9(7(2)3)14-10-6-8(4)13-11(12)15-10/h6-7,9H,5H2,1-4H3,(H3,12,13,14,15). The van der Waals surface area contributed by atoms with Crippen molar-refractivity contribution in [3.05, 3.63) is 11.8 Å². The van der Waals surface area contributed by atoms with E-state index in [4.69, 9.17) is 5.73 Å². The van der Waals surface area contributed by atoms with Crippen molar-refractivity contribution in [1.82, 2.24) is 9.97 Å². The molecule has 1 heterocycles. The number of nitrogen functional groups attached to an aromatic ring is 1. The Bertz CT molecular complexity index is 302.